The minimum Gasteiger partial charge on any atom is -0.496 e. The van der Waals surface area contributed by atoms with Crippen LogP contribution < -0.4 is 4.74 Å². The Bertz CT molecular complexity index is 790. The number of rotatable bonds is 4. The molecule has 6 nitrogen and oxygen atoms in total. The van der Waals surface area contributed by atoms with E-state index in [0.29, 0.717) is 38.4 Å². The lowest BCUT2D eigenvalue weighted by atomic mass is 10.0. The van der Waals surface area contributed by atoms with Crippen LogP contribution in [0.25, 0.3) is 0 Å². The van der Waals surface area contributed by atoms with E-state index < -0.39 is 0 Å². The molecule has 2 aromatic rings. The third-order valence-electron chi connectivity index (χ3n) is 4.69. The number of methoxy groups -OCH3 is 1. The van der Waals surface area contributed by atoms with Crippen LogP contribution in [0.5, 0.6) is 5.75 Å². The Labute approximate surface area is 153 Å². The first-order valence-corrected chi connectivity index (χ1v) is 8.74. The molecule has 0 saturated carbocycles. The molecule has 0 radical (unpaired) electrons. The molecule has 0 aliphatic carbocycles. The van der Waals surface area contributed by atoms with Crippen LogP contribution in [0, 0.1) is 13.8 Å². The molecule has 3 rings (SSSR count). The summed E-state index contributed by atoms with van der Waals surface area (Å²) in [7, 11) is 1.63. The molecule has 0 N–H and O–H groups in total. The zero-order valence-corrected chi connectivity index (χ0v) is 15.4. The second-order valence-electron chi connectivity index (χ2n) is 6.60. The third-order valence-corrected chi connectivity index (χ3v) is 4.69. The predicted molar refractivity (Wildman–Crippen MR) is 97.4 cm³/mol. The summed E-state index contributed by atoms with van der Waals surface area (Å²) >= 11 is 0. The molecular weight excluding hydrogens is 332 g/mol. The number of piperazine rings is 1. The average molecular weight is 356 g/mol. The van der Waals surface area contributed by atoms with E-state index in [4.69, 9.17) is 9.15 Å². The highest BCUT2D eigenvalue weighted by Crippen LogP contribution is 2.26. The Balaban J connectivity index is 1.62. The molecule has 1 fully saturated rings. The molecule has 0 unspecified atom stereocenters. The van der Waals surface area contributed by atoms with E-state index in [0.717, 1.165) is 22.4 Å². The maximum atomic E-state index is 12.7. The fraction of sp³-hybridized carbons (Fsp3) is 0.400. The van der Waals surface area contributed by atoms with Gasteiger partial charge in [0.25, 0.3) is 5.91 Å². The molecule has 6 heteroatoms. The smallest absolute Gasteiger partial charge is 0.289 e. The first kappa shape index (κ1) is 18.0. The molecular formula is C20H24N2O4. The maximum Gasteiger partial charge on any atom is 0.289 e. The van der Waals surface area contributed by atoms with E-state index in [9.17, 15) is 9.59 Å². The number of nitrogens with zero attached hydrogens (tertiary/aromatic N) is 2. The van der Waals surface area contributed by atoms with E-state index >= 15 is 0 Å². The van der Waals surface area contributed by atoms with Gasteiger partial charge in [0.1, 0.15) is 5.75 Å². The van der Waals surface area contributed by atoms with Crippen molar-refractivity contribution in [3.8, 4) is 5.75 Å². The summed E-state index contributed by atoms with van der Waals surface area (Å²) in [6.45, 7) is 6.07. The minimum absolute atomic E-state index is 0.0541. The second-order valence-corrected chi connectivity index (χ2v) is 6.60. The fourth-order valence-electron chi connectivity index (χ4n) is 3.46. The number of hydrogen-bond acceptors (Lipinski definition) is 4. The highest BCUT2D eigenvalue weighted by molar-refractivity contribution is 5.91. The number of ether oxygens (including phenoxy) is 1. The van der Waals surface area contributed by atoms with E-state index in [1.165, 1.54) is 6.26 Å². The van der Waals surface area contributed by atoms with Gasteiger partial charge in [-0.25, -0.2) is 0 Å². The number of aryl methyl sites for hydroxylation is 2. The zero-order chi connectivity index (χ0) is 18.7. The summed E-state index contributed by atoms with van der Waals surface area (Å²) in [4.78, 5) is 28.5. The Morgan fingerprint density at radius 2 is 1.81 bits per heavy atom. The number of benzene rings is 1. The van der Waals surface area contributed by atoms with Crippen molar-refractivity contribution in [2.75, 3.05) is 33.3 Å². The van der Waals surface area contributed by atoms with Crippen LogP contribution in [-0.2, 0) is 11.2 Å². The van der Waals surface area contributed by atoms with Crippen molar-refractivity contribution in [3.63, 3.8) is 0 Å². The van der Waals surface area contributed by atoms with Crippen LogP contribution in [0.4, 0.5) is 0 Å². The third kappa shape index (κ3) is 3.74. The first-order valence-electron chi connectivity index (χ1n) is 8.74. The number of furan rings is 1. The summed E-state index contributed by atoms with van der Waals surface area (Å²) < 4.78 is 10.6. The lowest BCUT2D eigenvalue weighted by molar-refractivity contribution is -0.131. The van der Waals surface area contributed by atoms with E-state index in [2.05, 4.69) is 0 Å². The highest BCUT2D eigenvalue weighted by atomic mass is 16.5. The molecule has 138 valence electrons. The Morgan fingerprint density at radius 1 is 1.12 bits per heavy atom. The fourth-order valence-corrected chi connectivity index (χ4v) is 3.46. The van der Waals surface area contributed by atoms with Crippen LogP contribution in [-0.4, -0.2) is 54.9 Å². The largest absolute Gasteiger partial charge is 0.496 e. The van der Waals surface area contributed by atoms with Crippen molar-refractivity contribution >= 4 is 11.8 Å². The van der Waals surface area contributed by atoms with Crippen molar-refractivity contribution in [2.24, 2.45) is 0 Å². The summed E-state index contributed by atoms with van der Waals surface area (Å²) in [5, 5.41) is 0. The van der Waals surface area contributed by atoms with Crippen molar-refractivity contribution in [2.45, 2.75) is 20.3 Å². The molecule has 1 aliphatic rings. The standard InChI is InChI=1S/C20H24N2O4/c1-14-11-15(2)19(25-3)16(12-14)13-18(23)21-6-8-22(9-7-21)20(24)17-5-4-10-26-17/h4-5,10-12H,6-9,13H2,1-3H3. The number of amides is 2. The van der Waals surface area contributed by atoms with Crippen molar-refractivity contribution in [1.29, 1.82) is 0 Å². The summed E-state index contributed by atoms with van der Waals surface area (Å²) in [6, 6.07) is 7.41. The molecule has 0 bridgehead atoms. The Kier molecular flexibility index (Phi) is 5.30. The first-order chi connectivity index (χ1) is 12.5. The highest BCUT2D eigenvalue weighted by Gasteiger charge is 2.26. The van der Waals surface area contributed by atoms with Gasteiger partial charge < -0.3 is 19.0 Å². The van der Waals surface area contributed by atoms with Crippen LogP contribution in [0.2, 0.25) is 0 Å². The van der Waals surface area contributed by atoms with Gasteiger partial charge >= 0.3 is 0 Å². The van der Waals surface area contributed by atoms with Crippen LogP contribution in [0.15, 0.2) is 34.9 Å². The van der Waals surface area contributed by atoms with Crippen molar-refractivity contribution in [1.82, 2.24) is 9.80 Å². The Hall–Kier alpha value is -2.76. The minimum atomic E-state index is -0.127. The van der Waals surface area contributed by atoms with E-state index in [1.807, 2.05) is 30.9 Å². The molecule has 1 aliphatic heterocycles. The van der Waals surface area contributed by atoms with Gasteiger partial charge in [0.05, 0.1) is 19.8 Å². The number of carbonyl (C=O) groups is 2. The molecule has 1 saturated heterocycles. The number of carbonyl (C=O) groups excluding carboxylic acids is 2. The molecule has 1 aromatic carbocycles. The topological polar surface area (TPSA) is 63.0 Å². The summed E-state index contributed by atoms with van der Waals surface area (Å²) in [5.74, 6) is 1.04. The molecule has 1 aromatic heterocycles. The molecule has 0 atom stereocenters. The van der Waals surface area contributed by atoms with Crippen LogP contribution >= 0.6 is 0 Å². The monoisotopic (exact) mass is 356 g/mol. The lowest BCUT2D eigenvalue weighted by Crippen LogP contribution is -2.50. The van der Waals surface area contributed by atoms with Gasteiger partial charge in [-0.1, -0.05) is 17.7 Å². The van der Waals surface area contributed by atoms with Crippen LogP contribution in [0.3, 0.4) is 0 Å². The molecule has 26 heavy (non-hydrogen) atoms. The van der Waals surface area contributed by atoms with Gasteiger partial charge in [-0.15, -0.1) is 0 Å². The molecule has 2 heterocycles. The number of hydrogen-bond donors (Lipinski definition) is 0. The molecule has 2 amide bonds. The second kappa shape index (κ2) is 7.64. The van der Waals surface area contributed by atoms with Gasteiger partial charge in [-0.3, -0.25) is 9.59 Å². The van der Waals surface area contributed by atoms with Crippen molar-refractivity contribution in [3.05, 3.63) is 53.0 Å². The summed E-state index contributed by atoms with van der Waals surface area (Å²) in [6.07, 6.45) is 1.79. The lowest BCUT2D eigenvalue weighted by Gasteiger charge is -2.34. The van der Waals surface area contributed by atoms with E-state index in [1.54, 1.807) is 24.1 Å². The van der Waals surface area contributed by atoms with Crippen molar-refractivity contribution < 1.29 is 18.7 Å². The van der Waals surface area contributed by atoms with Gasteiger partial charge in [0.15, 0.2) is 5.76 Å². The zero-order valence-electron chi connectivity index (χ0n) is 15.4. The molecule has 0 spiro atoms. The maximum absolute atomic E-state index is 12.7. The average Bonchev–Trinajstić information content (AvgIpc) is 3.15. The SMILES string of the molecule is COc1c(C)cc(C)cc1CC(=O)N1CCN(C(=O)c2ccco2)CC1. The predicted octanol–water partition coefficient (Wildman–Crippen LogP) is 2.43. The van der Waals surface area contributed by atoms with Gasteiger partial charge in [-0.2, -0.15) is 0 Å². The summed E-state index contributed by atoms with van der Waals surface area (Å²) in [5.41, 5.74) is 3.05. The van der Waals surface area contributed by atoms with Crippen LogP contribution in [0.1, 0.15) is 27.2 Å². The normalized spacial score (nSPS) is 14.4. The quantitative estimate of drug-likeness (QED) is 0.844. The van der Waals surface area contributed by atoms with E-state index in [-0.39, 0.29) is 11.8 Å². The Morgan fingerprint density at radius 3 is 2.42 bits per heavy atom. The van der Waals surface area contributed by atoms with Gasteiger partial charge in [0.2, 0.25) is 5.91 Å². The van der Waals surface area contributed by atoms with Gasteiger partial charge in [0, 0.05) is 31.7 Å². The van der Waals surface area contributed by atoms with Gasteiger partial charge in [-0.05, 0) is 31.5 Å².